The normalized spacial score (nSPS) is 11.5. The number of benzene rings is 1. The van der Waals surface area contributed by atoms with E-state index in [1.54, 1.807) is 4.72 Å². The predicted octanol–water partition coefficient (Wildman–Crippen LogP) is 0.931. The number of carboxylic acid groups (broad SMARTS) is 1. The Balaban J connectivity index is 3.06. The number of carboxylic acids is 1. The fourth-order valence-corrected chi connectivity index (χ4v) is 1.57. The molecule has 0 unspecified atom stereocenters. The van der Waals surface area contributed by atoms with E-state index in [9.17, 15) is 22.0 Å². The van der Waals surface area contributed by atoms with Crippen molar-refractivity contribution in [3.05, 3.63) is 23.8 Å². The number of sulfonamides is 1. The molecule has 17 heavy (non-hydrogen) atoms. The highest BCUT2D eigenvalue weighted by molar-refractivity contribution is 7.93. The van der Waals surface area contributed by atoms with E-state index in [0.29, 0.717) is 0 Å². The Kier molecular flexibility index (Phi) is 3.51. The van der Waals surface area contributed by atoms with E-state index >= 15 is 0 Å². The van der Waals surface area contributed by atoms with Crippen LogP contribution in [0.2, 0.25) is 0 Å². The van der Waals surface area contributed by atoms with Crippen LogP contribution in [0, 0.1) is 0 Å². The van der Waals surface area contributed by atoms with Gasteiger partial charge in [-0.05, 0) is 18.2 Å². The molecular formula is C8H8F2N2O4S. The summed E-state index contributed by atoms with van der Waals surface area (Å²) in [5.41, 5.74) is 4.60. The first-order chi connectivity index (χ1) is 7.74. The minimum Gasteiger partial charge on any atom is -0.478 e. The van der Waals surface area contributed by atoms with Gasteiger partial charge in [-0.25, -0.2) is 13.2 Å². The number of nitrogens with one attached hydrogen (secondary N) is 1. The zero-order valence-corrected chi connectivity index (χ0v) is 9.04. The molecule has 9 heteroatoms. The lowest BCUT2D eigenvalue weighted by atomic mass is 10.2. The molecule has 0 fully saturated rings. The predicted molar refractivity (Wildman–Crippen MR) is 56.4 cm³/mol. The molecule has 0 spiro atoms. The lowest BCUT2D eigenvalue weighted by Gasteiger charge is -2.09. The quantitative estimate of drug-likeness (QED) is 0.702. The Bertz CT molecular complexity index is 544. The van der Waals surface area contributed by atoms with Gasteiger partial charge in [0.15, 0.2) is 0 Å². The van der Waals surface area contributed by atoms with E-state index in [4.69, 9.17) is 10.8 Å². The highest BCUT2D eigenvalue weighted by Gasteiger charge is 2.24. The first-order valence-electron chi connectivity index (χ1n) is 4.16. The molecule has 1 aromatic carbocycles. The van der Waals surface area contributed by atoms with E-state index in [-0.39, 0.29) is 16.9 Å². The highest BCUT2D eigenvalue weighted by Crippen LogP contribution is 2.22. The van der Waals surface area contributed by atoms with Gasteiger partial charge in [0, 0.05) is 0 Å². The molecule has 0 heterocycles. The lowest BCUT2D eigenvalue weighted by Crippen LogP contribution is -2.21. The molecule has 0 radical (unpaired) electrons. The summed E-state index contributed by atoms with van der Waals surface area (Å²) in [4.78, 5) is 10.5. The van der Waals surface area contributed by atoms with Crippen molar-refractivity contribution in [2.24, 2.45) is 0 Å². The zero-order valence-electron chi connectivity index (χ0n) is 8.22. The summed E-state index contributed by atoms with van der Waals surface area (Å²) in [6, 6.07) is 3.01. The van der Waals surface area contributed by atoms with Crippen molar-refractivity contribution in [2.45, 2.75) is 5.76 Å². The average Bonchev–Trinajstić information content (AvgIpc) is 2.20. The molecule has 0 aliphatic rings. The Morgan fingerprint density at radius 2 is 2.00 bits per heavy atom. The van der Waals surface area contributed by atoms with Crippen molar-refractivity contribution in [1.82, 2.24) is 0 Å². The second kappa shape index (κ2) is 4.53. The second-order valence-corrected chi connectivity index (χ2v) is 4.67. The van der Waals surface area contributed by atoms with Crippen LogP contribution in [0.1, 0.15) is 10.4 Å². The van der Waals surface area contributed by atoms with Gasteiger partial charge in [0.2, 0.25) is 0 Å². The zero-order chi connectivity index (χ0) is 13.2. The fourth-order valence-electron chi connectivity index (χ4n) is 0.987. The largest absolute Gasteiger partial charge is 0.478 e. The molecule has 0 amide bonds. The highest BCUT2D eigenvalue weighted by atomic mass is 32.2. The van der Waals surface area contributed by atoms with Crippen LogP contribution in [0.4, 0.5) is 20.2 Å². The van der Waals surface area contributed by atoms with E-state index in [1.165, 1.54) is 0 Å². The third kappa shape index (κ3) is 3.03. The van der Waals surface area contributed by atoms with Crippen LogP contribution in [0.25, 0.3) is 0 Å². The summed E-state index contributed by atoms with van der Waals surface area (Å²) in [6.07, 6.45) is 0. The Morgan fingerprint density at radius 3 is 2.41 bits per heavy atom. The van der Waals surface area contributed by atoms with E-state index in [1.807, 2.05) is 0 Å². The van der Waals surface area contributed by atoms with Crippen LogP contribution in [0.15, 0.2) is 18.2 Å². The monoisotopic (exact) mass is 266 g/mol. The van der Waals surface area contributed by atoms with Crippen molar-refractivity contribution >= 4 is 27.4 Å². The number of hydrogen-bond acceptors (Lipinski definition) is 4. The molecule has 94 valence electrons. The molecule has 0 aliphatic heterocycles. The number of nitrogens with two attached hydrogens (primary N) is 1. The number of alkyl halides is 2. The van der Waals surface area contributed by atoms with Crippen LogP contribution in [-0.2, 0) is 10.0 Å². The molecule has 0 aliphatic carbocycles. The topological polar surface area (TPSA) is 109 Å². The van der Waals surface area contributed by atoms with E-state index < -0.39 is 21.8 Å². The number of halogens is 2. The van der Waals surface area contributed by atoms with Gasteiger partial charge >= 0.3 is 11.7 Å². The summed E-state index contributed by atoms with van der Waals surface area (Å²) in [5, 5.41) is 8.61. The van der Waals surface area contributed by atoms with Crippen molar-refractivity contribution < 1.29 is 27.1 Å². The van der Waals surface area contributed by atoms with Crippen LogP contribution in [-0.4, -0.2) is 25.3 Å². The molecule has 0 aromatic heterocycles. The number of aromatic carboxylic acids is 1. The molecule has 0 saturated heterocycles. The third-order valence-electron chi connectivity index (χ3n) is 1.79. The maximum Gasteiger partial charge on any atom is 0.355 e. The van der Waals surface area contributed by atoms with E-state index in [0.717, 1.165) is 18.2 Å². The molecule has 1 aromatic rings. The lowest BCUT2D eigenvalue weighted by molar-refractivity contribution is 0.0697. The number of carbonyl (C=O) groups is 1. The Hall–Kier alpha value is -1.90. The number of hydrogen-bond donors (Lipinski definition) is 3. The standard InChI is InChI=1S/C8H8F2N2O4S/c9-8(10)17(15,16)12-6-2-1-4(7(13)14)3-5(6)11/h1-3,8,12H,11H2,(H,13,14). The smallest absolute Gasteiger partial charge is 0.355 e. The Morgan fingerprint density at radius 1 is 1.41 bits per heavy atom. The van der Waals surface area contributed by atoms with Gasteiger partial charge in [-0.15, -0.1) is 0 Å². The van der Waals surface area contributed by atoms with Gasteiger partial charge in [0.05, 0.1) is 16.9 Å². The summed E-state index contributed by atoms with van der Waals surface area (Å²) in [5.74, 6) is -4.86. The van der Waals surface area contributed by atoms with Gasteiger partial charge in [-0.1, -0.05) is 0 Å². The summed E-state index contributed by atoms with van der Waals surface area (Å²) < 4.78 is 47.3. The molecule has 6 nitrogen and oxygen atoms in total. The Labute approximate surface area is 95.1 Å². The number of anilines is 2. The van der Waals surface area contributed by atoms with Crippen molar-refractivity contribution in [3.8, 4) is 0 Å². The van der Waals surface area contributed by atoms with Crippen LogP contribution >= 0.6 is 0 Å². The van der Waals surface area contributed by atoms with E-state index in [2.05, 4.69) is 0 Å². The minimum atomic E-state index is -4.82. The van der Waals surface area contributed by atoms with Crippen molar-refractivity contribution in [3.63, 3.8) is 0 Å². The summed E-state index contributed by atoms with van der Waals surface area (Å²) >= 11 is 0. The molecule has 0 atom stereocenters. The molecule has 0 saturated carbocycles. The van der Waals surface area contributed by atoms with Crippen molar-refractivity contribution in [1.29, 1.82) is 0 Å². The maximum absolute atomic E-state index is 12.1. The first kappa shape index (κ1) is 13.2. The SMILES string of the molecule is Nc1cc(C(=O)O)ccc1NS(=O)(=O)C(F)F. The van der Waals surface area contributed by atoms with Gasteiger partial charge < -0.3 is 10.8 Å². The minimum absolute atomic E-state index is 0.178. The van der Waals surface area contributed by atoms with Gasteiger partial charge in [0.25, 0.3) is 10.0 Å². The molecular weight excluding hydrogens is 258 g/mol. The number of rotatable bonds is 4. The van der Waals surface area contributed by atoms with Gasteiger partial charge in [-0.2, -0.15) is 8.78 Å². The van der Waals surface area contributed by atoms with Gasteiger partial charge in [0.1, 0.15) is 0 Å². The van der Waals surface area contributed by atoms with Gasteiger partial charge in [-0.3, -0.25) is 4.72 Å². The van der Waals surface area contributed by atoms with Crippen molar-refractivity contribution in [2.75, 3.05) is 10.5 Å². The van der Waals surface area contributed by atoms with Crippen LogP contribution in [0.5, 0.6) is 0 Å². The molecule has 4 N–H and O–H groups in total. The fraction of sp³-hybridized carbons (Fsp3) is 0.125. The summed E-state index contributed by atoms with van der Waals surface area (Å²) in [6.45, 7) is 0. The van der Waals surface area contributed by atoms with Crippen LogP contribution in [0.3, 0.4) is 0 Å². The average molecular weight is 266 g/mol. The van der Waals surface area contributed by atoms with Crippen LogP contribution < -0.4 is 10.5 Å². The summed E-state index contributed by atoms with van der Waals surface area (Å²) in [7, 11) is -4.82. The number of nitrogen functional groups attached to an aromatic ring is 1. The molecule has 1 rings (SSSR count). The second-order valence-electron chi connectivity index (χ2n) is 3.01. The molecule has 0 bridgehead atoms. The third-order valence-corrected chi connectivity index (χ3v) is 2.76. The maximum atomic E-state index is 12.1. The first-order valence-corrected chi connectivity index (χ1v) is 5.71.